The van der Waals surface area contributed by atoms with E-state index in [9.17, 15) is 8.42 Å². The van der Waals surface area contributed by atoms with Crippen molar-refractivity contribution in [1.82, 2.24) is 10.0 Å². The van der Waals surface area contributed by atoms with Crippen molar-refractivity contribution in [2.75, 3.05) is 13.1 Å². The van der Waals surface area contributed by atoms with E-state index in [1.807, 2.05) is 19.9 Å². The quantitative estimate of drug-likeness (QED) is 0.844. The second-order valence-corrected chi connectivity index (χ2v) is 6.27. The van der Waals surface area contributed by atoms with Crippen LogP contribution >= 0.6 is 0 Å². The molecule has 4 nitrogen and oxygen atoms in total. The van der Waals surface area contributed by atoms with E-state index in [1.165, 1.54) is 0 Å². The minimum atomic E-state index is -3.37. The lowest BCUT2D eigenvalue weighted by atomic mass is 10.1. The monoisotopic (exact) mass is 254 g/mol. The predicted octanol–water partition coefficient (Wildman–Crippen LogP) is 0.944. The number of rotatable bonds is 3. The molecule has 1 atom stereocenters. The summed E-state index contributed by atoms with van der Waals surface area (Å²) in [6.07, 6.45) is 0.851. The first kappa shape index (κ1) is 12.5. The van der Waals surface area contributed by atoms with E-state index in [0.717, 1.165) is 24.1 Å². The van der Waals surface area contributed by atoms with Crippen molar-refractivity contribution in [1.29, 1.82) is 0 Å². The normalized spacial score (nSPS) is 20.7. The first-order chi connectivity index (χ1) is 7.99. The number of nitrogens with one attached hydrogen (secondary N) is 2. The van der Waals surface area contributed by atoms with Crippen LogP contribution in [0.3, 0.4) is 0 Å². The van der Waals surface area contributed by atoms with Crippen LogP contribution in [0.2, 0.25) is 0 Å². The highest BCUT2D eigenvalue weighted by atomic mass is 32.2. The topological polar surface area (TPSA) is 58.2 Å². The minimum Gasteiger partial charge on any atom is -0.315 e. The third kappa shape index (κ3) is 2.86. The van der Waals surface area contributed by atoms with Crippen LogP contribution in [0.15, 0.2) is 23.1 Å². The van der Waals surface area contributed by atoms with Gasteiger partial charge in [-0.25, -0.2) is 13.1 Å². The van der Waals surface area contributed by atoms with Gasteiger partial charge in [0.1, 0.15) is 0 Å². The Morgan fingerprint density at radius 1 is 1.29 bits per heavy atom. The molecular weight excluding hydrogens is 236 g/mol. The molecule has 1 saturated heterocycles. The van der Waals surface area contributed by atoms with Gasteiger partial charge in [-0.2, -0.15) is 0 Å². The number of hydrogen-bond acceptors (Lipinski definition) is 3. The van der Waals surface area contributed by atoms with Gasteiger partial charge in [-0.15, -0.1) is 0 Å². The van der Waals surface area contributed by atoms with Crippen LogP contribution in [0.1, 0.15) is 17.5 Å². The molecule has 2 N–H and O–H groups in total. The fourth-order valence-corrected chi connectivity index (χ4v) is 3.28. The summed E-state index contributed by atoms with van der Waals surface area (Å²) < 4.78 is 27.0. The highest BCUT2D eigenvalue weighted by molar-refractivity contribution is 7.89. The first-order valence-corrected chi connectivity index (χ1v) is 7.28. The van der Waals surface area contributed by atoms with E-state index < -0.39 is 10.0 Å². The highest BCUT2D eigenvalue weighted by Gasteiger charge is 2.22. The lowest BCUT2D eigenvalue weighted by Gasteiger charge is -2.12. The zero-order chi connectivity index (χ0) is 12.5. The van der Waals surface area contributed by atoms with Crippen molar-refractivity contribution in [3.63, 3.8) is 0 Å². The second kappa shape index (κ2) is 4.76. The molecule has 1 unspecified atom stereocenters. The Morgan fingerprint density at radius 2 is 2.06 bits per heavy atom. The number of benzene rings is 1. The summed E-state index contributed by atoms with van der Waals surface area (Å²) in [6, 6.07) is 5.24. The van der Waals surface area contributed by atoms with Crippen LogP contribution in [-0.2, 0) is 10.0 Å². The maximum Gasteiger partial charge on any atom is 0.240 e. The van der Waals surface area contributed by atoms with Crippen LogP contribution in [0.4, 0.5) is 0 Å². The molecule has 17 heavy (non-hydrogen) atoms. The summed E-state index contributed by atoms with van der Waals surface area (Å²) in [4.78, 5) is 0.354. The summed E-state index contributed by atoms with van der Waals surface area (Å²) in [6.45, 7) is 5.48. The third-order valence-corrected chi connectivity index (χ3v) is 4.69. The molecule has 0 aliphatic carbocycles. The van der Waals surface area contributed by atoms with E-state index in [-0.39, 0.29) is 6.04 Å². The maximum absolute atomic E-state index is 12.1. The van der Waals surface area contributed by atoms with Crippen LogP contribution < -0.4 is 10.0 Å². The molecule has 5 heteroatoms. The molecule has 94 valence electrons. The molecular formula is C12H18N2O2S. The third-order valence-electron chi connectivity index (χ3n) is 3.17. The molecule has 0 radical (unpaired) electrons. The van der Waals surface area contributed by atoms with Gasteiger partial charge in [0.25, 0.3) is 0 Å². The molecule has 1 aliphatic rings. The molecule has 0 saturated carbocycles. The SMILES string of the molecule is Cc1ccc(S(=O)(=O)NC2CCNC2)cc1C. The Bertz CT molecular complexity index is 505. The van der Waals surface area contributed by atoms with E-state index in [4.69, 9.17) is 0 Å². The molecule has 0 amide bonds. The van der Waals surface area contributed by atoms with E-state index in [2.05, 4.69) is 10.0 Å². The largest absolute Gasteiger partial charge is 0.315 e. The van der Waals surface area contributed by atoms with E-state index >= 15 is 0 Å². The summed E-state index contributed by atoms with van der Waals surface area (Å²) in [5.41, 5.74) is 2.10. The van der Waals surface area contributed by atoms with Crippen LogP contribution in [-0.4, -0.2) is 27.5 Å². The Balaban J connectivity index is 2.21. The number of aryl methyl sites for hydroxylation is 2. The average Bonchev–Trinajstić information content (AvgIpc) is 2.73. The van der Waals surface area contributed by atoms with Crippen LogP contribution in [0.25, 0.3) is 0 Å². The van der Waals surface area contributed by atoms with Crippen molar-refractivity contribution in [3.8, 4) is 0 Å². The molecule has 1 aromatic rings. The van der Waals surface area contributed by atoms with E-state index in [1.54, 1.807) is 12.1 Å². The van der Waals surface area contributed by atoms with Gasteiger partial charge >= 0.3 is 0 Å². The van der Waals surface area contributed by atoms with Gasteiger partial charge < -0.3 is 5.32 Å². The molecule has 0 aromatic heterocycles. The van der Waals surface area contributed by atoms with Gasteiger partial charge in [0.2, 0.25) is 10.0 Å². The molecule has 1 aromatic carbocycles. The second-order valence-electron chi connectivity index (χ2n) is 4.56. The molecule has 0 bridgehead atoms. The minimum absolute atomic E-state index is 0.0154. The molecule has 1 fully saturated rings. The first-order valence-electron chi connectivity index (χ1n) is 5.79. The molecule has 2 rings (SSSR count). The van der Waals surface area contributed by atoms with Gasteiger partial charge in [-0.05, 0) is 50.1 Å². The smallest absolute Gasteiger partial charge is 0.240 e. The number of sulfonamides is 1. The van der Waals surface area contributed by atoms with Crippen LogP contribution in [0.5, 0.6) is 0 Å². The van der Waals surface area contributed by atoms with Crippen LogP contribution in [0, 0.1) is 13.8 Å². The van der Waals surface area contributed by atoms with Gasteiger partial charge in [-0.1, -0.05) is 6.07 Å². The van der Waals surface area contributed by atoms with Crippen molar-refractivity contribution in [2.24, 2.45) is 0 Å². The van der Waals surface area contributed by atoms with Gasteiger partial charge in [0, 0.05) is 12.6 Å². The molecule has 1 aliphatic heterocycles. The van der Waals surface area contributed by atoms with Gasteiger partial charge in [0.05, 0.1) is 4.90 Å². The zero-order valence-corrected chi connectivity index (χ0v) is 11.0. The summed E-state index contributed by atoms with van der Waals surface area (Å²) in [7, 11) is -3.37. The fourth-order valence-electron chi connectivity index (χ4n) is 1.92. The van der Waals surface area contributed by atoms with E-state index in [0.29, 0.717) is 11.4 Å². The summed E-state index contributed by atoms with van der Waals surface area (Å²) >= 11 is 0. The Morgan fingerprint density at radius 3 is 2.65 bits per heavy atom. The standard InChI is InChI=1S/C12H18N2O2S/c1-9-3-4-12(7-10(9)2)17(15,16)14-11-5-6-13-8-11/h3-4,7,11,13-14H,5-6,8H2,1-2H3. The van der Waals surface area contributed by atoms with Gasteiger partial charge in [0.15, 0.2) is 0 Å². The maximum atomic E-state index is 12.1. The Labute approximate surface area is 102 Å². The summed E-state index contributed by atoms with van der Waals surface area (Å²) in [5.74, 6) is 0. The summed E-state index contributed by atoms with van der Waals surface area (Å²) in [5, 5.41) is 3.14. The predicted molar refractivity (Wildman–Crippen MR) is 67.5 cm³/mol. The molecule has 1 heterocycles. The van der Waals surface area contributed by atoms with Crippen molar-refractivity contribution in [3.05, 3.63) is 29.3 Å². The fraction of sp³-hybridized carbons (Fsp3) is 0.500. The van der Waals surface area contributed by atoms with Gasteiger partial charge in [-0.3, -0.25) is 0 Å². The highest BCUT2D eigenvalue weighted by Crippen LogP contribution is 2.15. The molecule has 0 spiro atoms. The Kier molecular flexibility index (Phi) is 3.51. The lowest BCUT2D eigenvalue weighted by molar-refractivity contribution is 0.560. The van der Waals surface area contributed by atoms with Crippen molar-refractivity contribution in [2.45, 2.75) is 31.2 Å². The number of hydrogen-bond donors (Lipinski definition) is 2. The van der Waals surface area contributed by atoms with Crippen molar-refractivity contribution < 1.29 is 8.42 Å². The Hall–Kier alpha value is -0.910. The zero-order valence-electron chi connectivity index (χ0n) is 10.2. The lowest BCUT2D eigenvalue weighted by Crippen LogP contribution is -2.36. The average molecular weight is 254 g/mol. The van der Waals surface area contributed by atoms with Crippen molar-refractivity contribution >= 4 is 10.0 Å².